The van der Waals surface area contributed by atoms with E-state index in [4.69, 9.17) is 5.73 Å². The van der Waals surface area contributed by atoms with Crippen molar-refractivity contribution in [2.75, 3.05) is 0 Å². The molecule has 2 fully saturated rings. The molecule has 2 aliphatic heterocycles. The van der Waals surface area contributed by atoms with Crippen molar-refractivity contribution in [2.24, 2.45) is 5.73 Å². The van der Waals surface area contributed by atoms with E-state index in [9.17, 15) is 9.18 Å². The molecule has 2 aliphatic rings. The van der Waals surface area contributed by atoms with Gasteiger partial charge in [0, 0.05) is 23.7 Å². The molecular formula is C15H19FN2O. The van der Waals surface area contributed by atoms with E-state index in [2.05, 4.69) is 0 Å². The lowest BCUT2D eigenvalue weighted by molar-refractivity contribution is 0.0574. The second kappa shape index (κ2) is 4.60. The van der Waals surface area contributed by atoms with Gasteiger partial charge in [-0.15, -0.1) is 0 Å². The summed E-state index contributed by atoms with van der Waals surface area (Å²) in [5, 5.41) is 0. The van der Waals surface area contributed by atoms with Crippen molar-refractivity contribution < 1.29 is 9.18 Å². The number of amides is 1. The van der Waals surface area contributed by atoms with Crippen LogP contribution in [0.25, 0.3) is 0 Å². The molecule has 2 saturated heterocycles. The molecule has 2 atom stereocenters. The maximum atomic E-state index is 13.1. The number of fused-ring (bicyclic) bond motifs is 2. The summed E-state index contributed by atoms with van der Waals surface area (Å²) in [6, 6.07) is 5.14. The molecule has 1 amide bonds. The van der Waals surface area contributed by atoms with E-state index >= 15 is 0 Å². The second-order valence-electron chi connectivity index (χ2n) is 5.79. The molecule has 2 bridgehead atoms. The largest absolute Gasteiger partial charge is 0.333 e. The van der Waals surface area contributed by atoms with Gasteiger partial charge in [0.15, 0.2) is 0 Å². The van der Waals surface area contributed by atoms with Gasteiger partial charge in [-0.1, -0.05) is 0 Å². The van der Waals surface area contributed by atoms with Crippen LogP contribution in [0.5, 0.6) is 0 Å². The van der Waals surface area contributed by atoms with Gasteiger partial charge in [0.1, 0.15) is 5.82 Å². The van der Waals surface area contributed by atoms with Crippen molar-refractivity contribution in [1.29, 1.82) is 0 Å². The number of nitrogens with two attached hydrogens (primary N) is 1. The van der Waals surface area contributed by atoms with E-state index in [1.807, 2.05) is 4.90 Å². The van der Waals surface area contributed by atoms with Crippen LogP contribution in [0, 0.1) is 12.7 Å². The molecule has 1 aromatic carbocycles. The smallest absolute Gasteiger partial charge is 0.254 e. The van der Waals surface area contributed by atoms with Crippen LogP contribution in [-0.4, -0.2) is 28.9 Å². The van der Waals surface area contributed by atoms with E-state index in [1.165, 1.54) is 12.1 Å². The summed E-state index contributed by atoms with van der Waals surface area (Å²) in [5.74, 6) is -0.255. The minimum Gasteiger partial charge on any atom is -0.333 e. The summed E-state index contributed by atoms with van der Waals surface area (Å²) in [6.45, 7) is 1.79. The Balaban J connectivity index is 1.88. The highest BCUT2D eigenvalue weighted by Crippen LogP contribution is 2.36. The number of carbonyl (C=O) groups excluding carboxylic acids is 1. The Bertz CT molecular complexity index is 503. The second-order valence-corrected chi connectivity index (χ2v) is 5.79. The van der Waals surface area contributed by atoms with Crippen molar-refractivity contribution in [3.63, 3.8) is 0 Å². The first-order valence-electron chi connectivity index (χ1n) is 6.90. The van der Waals surface area contributed by atoms with E-state index in [0.717, 1.165) is 25.7 Å². The summed E-state index contributed by atoms with van der Waals surface area (Å²) >= 11 is 0. The highest BCUT2D eigenvalue weighted by atomic mass is 19.1. The molecule has 0 radical (unpaired) electrons. The number of hydrogen-bond acceptors (Lipinski definition) is 2. The van der Waals surface area contributed by atoms with Gasteiger partial charge in [0.25, 0.3) is 5.91 Å². The number of piperidine rings is 1. The van der Waals surface area contributed by atoms with Gasteiger partial charge < -0.3 is 10.6 Å². The van der Waals surface area contributed by atoms with Crippen LogP contribution in [-0.2, 0) is 0 Å². The molecule has 19 heavy (non-hydrogen) atoms. The first-order valence-corrected chi connectivity index (χ1v) is 6.90. The van der Waals surface area contributed by atoms with Crippen LogP contribution in [0.15, 0.2) is 18.2 Å². The summed E-state index contributed by atoms with van der Waals surface area (Å²) < 4.78 is 13.1. The van der Waals surface area contributed by atoms with Crippen molar-refractivity contribution >= 4 is 5.91 Å². The number of aryl methyl sites for hydroxylation is 1. The van der Waals surface area contributed by atoms with Gasteiger partial charge in [0.05, 0.1) is 0 Å². The minimum atomic E-state index is -0.294. The third kappa shape index (κ3) is 2.14. The molecular weight excluding hydrogens is 243 g/mol. The maximum Gasteiger partial charge on any atom is 0.254 e. The van der Waals surface area contributed by atoms with Crippen LogP contribution in [0.1, 0.15) is 41.6 Å². The monoisotopic (exact) mass is 262 g/mol. The molecule has 102 valence electrons. The lowest BCUT2D eigenvalue weighted by Gasteiger charge is -2.38. The van der Waals surface area contributed by atoms with Gasteiger partial charge in [-0.3, -0.25) is 4.79 Å². The molecule has 1 aromatic rings. The van der Waals surface area contributed by atoms with Crippen molar-refractivity contribution in [3.8, 4) is 0 Å². The summed E-state index contributed by atoms with van der Waals surface area (Å²) in [4.78, 5) is 14.7. The molecule has 4 heteroatoms. The maximum absolute atomic E-state index is 13.1. The average Bonchev–Trinajstić information content (AvgIpc) is 2.61. The lowest BCUT2D eigenvalue weighted by Crippen LogP contribution is -2.50. The Labute approximate surface area is 112 Å². The average molecular weight is 262 g/mol. The van der Waals surface area contributed by atoms with E-state index in [1.54, 1.807) is 13.0 Å². The number of rotatable bonds is 1. The number of halogens is 1. The molecule has 0 saturated carbocycles. The summed E-state index contributed by atoms with van der Waals surface area (Å²) in [5.41, 5.74) is 7.35. The predicted octanol–water partition coefficient (Wildman–Crippen LogP) is 2.23. The van der Waals surface area contributed by atoms with Gasteiger partial charge in [-0.2, -0.15) is 0 Å². The van der Waals surface area contributed by atoms with Crippen LogP contribution < -0.4 is 5.73 Å². The minimum absolute atomic E-state index is 0.0388. The number of benzene rings is 1. The van der Waals surface area contributed by atoms with Gasteiger partial charge in [-0.05, 0) is 56.4 Å². The van der Waals surface area contributed by atoms with E-state index in [-0.39, 0.29) is 29.8 Å². The Morgan fingerprint density at radius 1 is 1.32 bits per heavy atom. The van der Waals surface area contributed by atoms with Crippen LogP contribution in [0.4, 0.5) is 4.39 Å². The van der Waals surface area contributed by atoms with E-state index in [0.29, 0.717) is 11.1 Å². The van der Waals surface area contributed by atoms with E-state index < -0.39 is 0 Å². The molecule has 0 aliphatic carbocycles. The molecule has 2 unspecified atom stereocenters. The quantitative estimate of drug-likeness (QED) is 0.843. The van der Waals surface area contributed by atoms with Gasteiger partial charge in [-0.25, -0.2) is 4.39 Å². The van der Waals surface area contributed by atoms with Crippen LogP contribution >= 0.6 is 0 Å². The molecule has 0 spiro atoms. The Hall–Kier alpha value is -1.42. The zero-order chi connectivity index (χ0) is 13.6. The molecule has 3 nitrogen and oxygen atoms in total. The standard InChI is InChI=1S/C15H19FN2O/c1-9-6-10(16)2-5-14(9)15(19)18-12-3-4-13(18)8-11(17)7-12/h2,5-6,11-13H,3-4,7-8,17H2,1H3. The SMILES string of the molecule is Cc1cc(F)ccc1C(=O)N1C2CCC1CC(N)C2. The lowest BCUT2D eigenvalue weighted by atomic mass is 9.96. The highest BCUT2D eigenvalue weighted by molar-refractivity contribution is 5.96. The topological polar surface area (TPSA) is 46.3 Å². The Kier molecular flexibility index (Phi) is 3.05. The van der Waals surface area contributed by atoms with Gasteiger partial charge in [0.2, 0.25) is 0 Å². The fourth-order valence-corrected chi connectivity index (χ4v) is 3.56. The Morgan fingerprint density at radius 3 is 2.53 bits per heavy atom. The molecule has 3 rings (SSSR count). The van der Waals surface area contributed by atoms with Crippen molar-refractivity contribution in [3.05, 3.63) is 35.1 Å². The van der Waals surface area contributed by atoms with Crippen LogP contribution in [0.3, 0.4) is 0 Å². The number of carbonyl (C=O) groups is 1. The third-order valence-corrected chi connectivity index (χ3v) is 4.42. The summed E-state index contributed by atoms with van der Waals surface area (Å²) in [6.07, 6.45) is 3.87. The number of hydrogen-bond donors (Lipinski definition) is 1. The highest BCUT2D eigenvalue weighted by Gasteiger charge is 2.42. The normalized spacial score (nSPS) is 29.6. The van der Waals surface area contributed by atoms with Crippen molar-refractivity contribution in [2.45, 2.75) is 50.7 Å². The zero-order valence-corrected chi connectivity index (χ0v) is 11.1. The fraction of sp³-hybridized carbons (Fsp3) is 0.533. The van der Waals surface area contributed by atoms with Crippen molar-refractivity contribution in [1.82, 2.24) is 4.90 Å². The zero-order valence-electron chi connectivity index (χ0n) is 11.1. The number of nitrogens with zero attached hydrogens (tertiary/aromatic N) is 1. The fourth-order valence-electron chi connectivity index (χ4n) is 3.56. The van der Waals surface area contributed by atoms with Gasteiger partial charge >= 0.3 is 0 Å². The molecule has 2 heterocycles. The predicted molar refractivity (Wildman–Crippen MR) is 71.3 cm³/mol. The third-order valence-electron chi connectivity index (χ3n) is 4.42. The molecule has 0 aromatic heterocycles. The first-order chi connectivity index (χ1) is 9.06. The van der Waals surface area contributed by atoms with Crippen LogP contribution in [0.2, 0.25) is 0 Å². The summed E-state index contributed by atoms with van der Waals surface area (Å²) in [7, 11) is 0. The molecule has 2 N–H and O–H groups in total. The Morgan fingerprint density at radius 2 is 1.95 bits per heavy atom. The first kappa shape index (κ1) is 12.6.